The minimum Gasteiger partial charge on any atom is -0.484 e. The Labute approximate surface area is 207 Å². The molecule has 1 atom stereocenters. The van der Waals surface area contributed by atoms with E-state index in [0.717, 1.165) is 5.56 Å². The van der Waals surface area contributed by atoms with Gasteiger partial charge in [0.2, 0.25) is 0 Å². The van der Waals surface area contributed by atoms with E-state index in [-0.39, 0.29) is 28.8 Å². The molecule has 0 N–H and O–H groups in total. The van der Waals surface area contributed by atoms with Crippen molar-refractivity contribution in [3.05, 3.63) is 58.9 Å². The third-order valence-corrected chi connectivity index (χ3v) is 9.28. The third-order valence-electron chi connectivity index (χ3n) is 6.97. The fourth-order valence-corrected chi connectivity index (χ4v) is 6.28. The summed E-state index contributed by atoms with van der Waals surface area (Å²) in [5.41, 5.74) is 1.16. The highest BCUT2D eigenvalue weighted by Crippen LogP contribution is 2.47. The van der Waals surface area contributed by atoms with E-state index in [1.165, 1.54) is 12.1 Å². The first-order chi connectivity index (χ1) is 16.4. The molecule has 0 aromatic heterocycles. The first kappa shape index (κ1) is 25.6. The van der Waals surface area contributed by atoms with Crippen LogP contribution in [0.25, 0.3) is 0 Å². The van der Waals surface area contributed by atoms with Gasteiger partial charge in [-0.15, -0.1) is 0 Å². The zero-order valence-electron chi connectivity index (χ0n) is 21.0. The van der Waals surface area contributed by atoms with Crippen LogP contribution < -0.4 is 4.74 Å². The Morgan fingerprint density at radius 1 is 1.14 bits per heavy atom. The number of nitrogens with zero attached hydrogens (tertiary/aromatic N) is 1. The van der Waals surface area contributed by atoms with Gasteiger partial charge in [0.25, 0.3) is 5.91 Å². The summed E-state index contributed by atoms with van der Waals surface area (Å²) in [7, 11) is -3.42. The van der Waals surface area contributed by atoms with Gasteiger partial charge in [0.1, 0.15) is 5.60 Å². The molecule has 190 valence electrons. The molecule has 0 aliphatic carbocycles. The Bertz CT molecular complexity index is 1220. The molecular formula is C27H34FNO5S. The number of fused-ring (bicyclic) bond motifs is 1. The number of likely N-dealkylation sites (tertiary alicyclic amines) is 1. The minimum absolute atomic E-state index is 0.0151. The van der Waals surface area contributed by atoms with E-state index in [2.05, 4.69) is 0 Å². The molecule has 1 fully saturated rings. The Hall–Kier alpha value is -2.45. The Kier molecular flexibility index (Phi) is 6.99. The number of para-hydroxylation sites is 1. The Morgan fingerprint density at radius 3 is 2.43 bits per heavy atom. The topological polar surface area (TPSA) is 72.9 Å². The number of sulfone groups is 1. The van der Waals surface area contributed by atoms with Crippen LogP contribution in [0.3, 0.4) is 0 Å². The molecule has 2 aliphatic rings. The molecule has 4 rings (SSSR count). The molecule has 35 heavy (non-hydrogen) atoms. The molecule has 1 saturated heterocycles. The normalized spacial score (nSPS) is 19.7. The first-order valence-electron chi connectivity index (χ1n) is 12.2. The fraction of sp³-hybridized carbons (Fsp3) is 0.519. The molecule has 2 aromatic rings. The maximum atomic E-state index is 14.7. The van der Waals surface area contributed by atoms with E-state index in [9.17, 15) is 17.6 Å². The van der Waals surface area contributed by atoms with Crippen molar-refractivity contribution in [2.24, 2.45) is 0 Å². The molecule has 1 unspecified atom stereocenters. The van der Waals surface area contributed by atoms with Gasteiger partial charge in [-0.05, 0) is 64.4 Å². The summed E-state index contributed by atoms with van der Waals surface area (Å²) in [6.07, 6.45) is 1.44. The Morgan fingerprint density at radius 2 is 1.83 bits per heavy atom. The van der Waals surface area contributed by atoms with E-state index in [1.807, 2.05) is 19.9 Å². The largest absolute Gasteiger partial charge is 0.484 e. The monoisotopic (exact) mass is 503 g/mol. The van der Waals surface area contributed by atoms with Crippen LogP contribution in [0.1, 0.15) is 74.5 Å². The van der Waals surface area contributed by atoms with Crippen LogP contribution in [0.4, 0.5) is 4.39 Å². The van der Waals surface area contributed by atoms with Crippen molar-refractivity contribution in [2.75, 3.05) is 13.1 Å². The van der Waals surface area contributed by atoms with Crippen molar-refractivity contribution >= 4 is 15.7 Å². The van der Waals surface area contributed by atoms with Crippen LogP contribution in [-0.2, 0) is 14.6 Å². The van der Waals surface area contributed by atoms with E-state index < -0.39 is 26.5 Å². The van der Waals surface area contributed by atoms with Crippen molar-refractivity contribution in [3.8, 4) is 5.75 Å². The number of hydrogen-bond donors (Lipinski definition) is 0. The number of carbonyl (C=O) groups is 1. The second-order valence-corrected chi connectivity index (χ2v) is 12.7. The molecule has 0 radical (unpaired) electrons. The van der Waals surface area contributed by atoms with Crippen LogP contribution >= 0.6 is 0 Å². The van der Waals surface area contributed by atoms with E-state index in [0.29, 0.717) is 43.5 Å². The van der Waals surface area contributed by atoms with Gasteiger partial charge in [0.05, 0.1) is 22.4 Å². The third kappa shape index (κ3) is 4.96. The van der Waals surface area contributed by atoms with Crippen molar-refractivity contribution in [2.45, 2.75) is 81.8 Å². The number of benzene rings is 2. The second-order valence-electron chi connectivity index (χ2n) is 10.2. The zero-order chi connectivity index (χ0) is 25.5. The van der Waals surface area contributed by atoms with Gasteiger partial charge >= 0.3 is 0 Å². The summed E-state index contributed by atoms with van der Waals surface area (Å²) in [4.78, 5) is 15.2. The zero-order valence-corrected chi connectivity index (χ0v) is 21.8. The summed E-state index contributed by atoms with van der Waals surface area (Å²) >= 11 is 0. The van der Waals surface area contributed by atoms with Crippen molar-refractivity contribution in [1.29, 1.82) is 0 Å². The van der Waals surface area contributed by atoms with Gasteiger partial charge in [-0.1, -0.05) is 12.1 Å². The van der Waals surface area contributed by atoms with Crippen LogP contribution in [0.15, 0.2) is 41.3 Å². The smallest absolute Gasteiger partial charge is 0.253 e. The number of halogens is 1. The second kappa shape index (κ2) is 9.54. The fourth-order valence-electron chi connectivity index (χ4n) is 5.00. The lowest BCUT2D eigenvalue weighted by atomic mass is 9.81. The summed E-state index contributed by atoms with van der Waals surface area (Å²) in [6, 6.07) is 9.69. The van der Waals surface area contributed by atoms with Gasteiger partial charge in [0.15, 0.2) is 21.4 Å². The summed E-state index contributed by atoms with van der Waals surface area (Å²) in [6.45, 7) is 9.85. The lowest BCUT2D eigenvalue weighted by Crippen LogP contribution is -2.52. The summed E-state index contributed by atoms with van der Waals surface area (Å²) in [5, 5.41) is -0.532. The highest BCUT2D eigenvalue weighted by atomic mass is 32.2. The standard InChI is InChI=1S/C27H34FNO5S/c1-17(2)33-23-16-27(34-25-21(23)7-6-8-22(25)28)11-13-29(14-12-27)26(30)20-9-10-24(19(5)15-20)35(31,32)18(3)4/h6-10,15,17-18,23H,11-14,16H2,1-5H3. The number of amides is 1. The number of aryl methyl sites for hydroxylation is 1. The quantitative estimate of drug-likeness (QED) is 0.558. The molecule has 2 heterocycles. The maximum Gasteiger partial charge on any atom is 0.253 e. The predicted octanol–water partition coefficient (Wildman–Crippen LogP) is 5.24. The molecular weight excluding hydrogens is 469 g/mol. The highest BCUT2D eigenvalue weighted by Gasteiger charge is 2.45. The van der Waals surface area contributed by atoms with Crippen molar-refractivity contribution < 1.29 is 27.1 Å². The van der Waals surface area contributed by atoms with Gasteiger partial charge in [-0.25, -0.2) is 12.8 Å². The Balaban J connectivity index is 1.51. The van der Waals surface area contributed by atoms with Crippen LogP contribution in [0.5, 0.6) is 5.75 Å². The van der Waals surface area contributed by atoms with Gasteiger partial charge in [0, 0.05) is 43.5 Å². The van der Waals surface area contributed by atoms with E-state index >= 15 is 0 Å². The van der Waals surface area contributed by atoms with Gasteiger partial charge in [-0.3, -0.25) is 4.79 Å². The molecule has 2 aliphatic heterocycles. The van der Waals surface area contributed by atoms with Crippen molar-refractivity contribution in [3.63, 3.8) is 0 Å². The molecule has 1 spiro atoms. The van der Waals surface area contributed by atoms with Crippen molar-refractivity contribution in [1.82, 2.24) is 4.90 Å². The minimum atomic E-state index is -3.42. The van der Waals surface area contributed by atoms with Gasteiger partial charge < -0.3 is 14.4 Å². The van der Waals surface area contributed by atoms with Crippen LogP contribution in [-0.4, -0.2) is 49.3 Å². The molecule has 6 nitrogen and oxygen atoms in total. The maximum absolute atomic E-state index is 14.7. The van der Waals surface area contributed by atoms with Crippen LogP contribution in [0, 0.1) is 12.7 Å². The van der Waals surface area contributed by atoms with E-state index in [1.54, 1.807) is 43.9 Å². The van der Waals surface area contributed by atoms with Crippen LogP contribution in [0.2, 0.25) is 0 Å². The van der Waals surface area contributed by atoms with Gasteiger partial charge in [-0.2, -0.15) is 0 Å². The molecule has 1 amide bonds. The molecule has 0 saturated carbocycles. The van der Waals surface area contributed by atoms with E-state index in [4.69, 9.17) is 9.47 Å². The average Bonchev–Trinajstić information content (AvgIpc) is 2.79. The first-order valence-corrected chi connectivity index (χ1v) is 13.7. The molecule has 2 aromatic carbocycles. The lowest BCUT2D eigenvalue weighted by molar-refractivity contribution is -0.0889. The SMILES string of the molecule is Cc1cc(C(=O)N2CCC3(CC2)CC(OC(C)C)c2cccc(F)c2O3)ccc1S(=O)(=O)C(C)C. The highest BCUT2D eigenvalue weighted by molar-refractivity contribution is 7.92. The molecule has 8 heteroatoms. The number of rotatable bonds is 5. The summed E-state index contributed by atoms with van der Waals surface area (Å²) < 4.78 is 52.2. The summed E-state index contributed by atoms with van der Waals surface area (Å²) in [5.74, 6) is -0.292. The molecule has 0 bridgehead atoms. The lowest BCUT2D eigenvalue weighted by Gasteiger charge is -2.47. The number of carbonyl (C=O) groups excluding carboxylic acids is 1. The number of piperidine rings is 1. The number of hydrogen-bond acceptors (Lipinski definition) is 5. The predicted molar refractivity (Wildman–Crippen MR) is 132 cm³/mol. The average molecular weight is 504 g/mol. The number of ether oxygens (including phenoxy) is 2.